The Balaban J connectivity index is 2.13. The number of hydrogen-bond donors (Lipinski definition) is 1. The molecule has 0 aliphatic heterocycles. The van der Waals surface area contributed by atoms with Crippen LogP contribution in [0.4, 0.5) is 5.95 Å². The van der Waals surface area contributed by atoms with Crippen LogP contribution in [0.15, 0.2) is 0 Å². The van der Waals surface area contributed by atoms with Crippen molar-refractivity contribution in [3.05, 3.63) is 5.28 Å². The molecule has 0 aromatic carbocycles. The van der Waals surface area contributed by atoms with Crippen LogP contribution >= 0.6 is 11.6 Å². The van der Waals surface area contributed by atoms with Gasteiger partial charge in [-0.15, -0.1) is 0 Å². The third-order valence-electron chi connectivity index (χ3n) is 1.70. The lowest BCUT2D eigenvalue weighted by Crippen LogP contribution is -2.09. The van der Waals surface area contributed by atoms with E-state index in [9.17, 15) is 0 Å². The fourth-order valence-electron chi connectivity index (χ4n) is 0.980. The van der Waals surface area contributed by atoms with E-state index < -0.39 is 0 Å². The number of rotatable bonds is 8. The summed E-state index contributed by atoms with van der Waals surface area (Å²) in [6.07, 6.45) is 0.715. The van der Waals surface area contributed by atoms with Gasteiger partial charge in [-0.2, -0.15) is 15.0 Å². The Kier molecular flexibility index (Phi) is 6.53. The van der Waals surface area contributed by atoms with Gasteiger partial charge in [0.05, 0.1) is 19.8 Å². The van der Waals surface area contributed by atoms with Crippen LogP contribution in [0.5, 0.6) is 6.01 Å². The number of nitrogens with zero attached hydrogens (tertiary/aromatic N) is 3. The zero-order valence-corrected chi connectivity index (χ0v) is 10.3. The first-order valence-corrected chi connectivity index (χ1v) is 5.46. The van der Waals surface area contributed by atoms with Crippen LogP contribution in [-0.2, 0) is 9.47 Å². The summed E-state index contributed by atoms with van der Waals surface area (Å²) in [5, 5.41) is 0.0174. The number of methoxy groups -OCH3 is 1. The van der Waals surface area contributed by atoms with Crippen LogP contribution in [0, 0.1) is 0 Å². The molecule has 2 N–H and O–H groups in total. The molecular weight excluding hydrogens is 248 g/mol. The molecule has 1 aromatic rings. The highest BCUT2D eigenvalue weighted by molar-refractivity contribution is 6.28. The number of halogens is 1. The van der Waals surface area contributed by atoms with E-state index in [1.165, 1.54) is 0 Å². The molecule has 17 heavy (non-hydrogen) atoms. The Morgan fingerprint density at radius 2 is 1.94 bits per heavy atom. The SMILES string of the molecule is COCCOCCCOc1nc(N)nc(Cl)n1. The number of anilines is 1. The molecule has 1 aromatic heterocycles. The third-order valence-corrected chi connectivity index (χ3v) is 1.87. The molecule has 0 saturated heterocycles. The average molecular weight is 263 g/mol. The molecule has 0 spiro atoms. The van der Waals surface area contributed by atoms with E-state index in [2.05, 4.69) is 15.0 Å². The van der Waals surface area contributed by atoms with E-state index in [1.54, 1.807) is 7.11 Å². The molecule has 0 atom stereocenters. The lowest BCUT2D eigenvalue weighted by Gasteiger charge is -2.05. The maximum atomic E-state index is 5.59. The molecule has 7 nitrogen and oxygen atoms in total. The maximum Gasteiger partial charge on any atom is 0.322 e. The molecule has 0 aliphatic carbocycles. The summed E-state index contributed by atoms with van der Waals surface area (Å²) in [5.41, 5.74) is 5.38. The predicted octanol–water partition coefficient (Wildman–Crippen LogP) is 0.539. The van der Waals surface area contributed by atoms with Gasteiger partial charge in [-0.1, -0.05) is 0 Å². The fourth-order valence-corrected chi connectivity index (χ4v) is 1.14. The monoisotopic (exact) mass is 262 g/mol. The van der Waals surface area contributed by atoms with Gasteiger partial charge in [-0.3, -0.25) is 0 Å². The first kappa shape index (κ1) is 13.9. The third kappa shape index (κ3) is 6.20. The van der Waals surface area contributed by atoms with Crippen LogP contribution < -0.4 is 10.5 Å². The topological polar surface area (TPSA) is 92.4 Å². The molecule has 0 amide bonds. The van der Waals surface area contributed by atoms with Crippen molar-refractivity contribution in [1.29, 1.82) is 0 Å². The number of ether oxygens (including phenoxy) is 3. The zero-order valence-electron chi connectivity index (χ0n) is 9.56. The predicted molar refractivity (Wildman–Crippen MR) is 62.1 cm³/mol. The number of nitrogen functional groups attached to an aromatic ring is 1. The van der Waals surface area contributed by atoms with Gasteiger partial charge >= 0.3 is 6.01 Å². The summed E-state index contributed by atoms with van der Waals surface area (Å²) >= 11 is 5.59. The minimum absolute atomic E-state index is 0.0174. The van der Waals surface area contributed by atoms with Crippen molar-refractivity contribution in [2.75, 3.05) is 39.3 Å². The van der Waals surface area contributed by atoms with E-state index in [1.807, 2.05) is 0 Å². The minimum Gasteiger partial charge on any atom is -0.463 e. The Hall–Kier alpha value is -1.18. The Morgan fingerprint density at radius 1 is 1.12 bits per heavy atom. The molecule has 8 heteroatoms. The minimum atomic E-state index is 0.0174. The average Bonchev–Trinajstić information content (AvgIpc) is 2.26. The van der Waals surface area contributed by atoms with Crippen molar-refractivity contribution >= 4 is 17.5 Å². The zero-order chi connectivity index (χ0) is 12.5. The second-order valence-electron chi connectivity index (χ2n) is 3.05. The lowest BCUT2D eigenvalue weighted by atomic mass is 10.5. The molecule has 96 valence electrons. The molecule has 0 radical (unpaired) electrons. The summed E-state index contributed by atoms with van der Waals surface area (Å²) in [6, 6.07) is 0.124. The van der Waals surface area contributed by atoms with Gasteiger partial charge in [0.2, 0.25) is 11.2 Å². The molecular formula is C9H15ClN4O3. The van der Waals surface area contributed by atoms with E-state index in [4.69, 9.17) is 31.5 Å². The highest BCUT2D eigenvalue weighted by Gasteiger charge is 2.02. The Labute approximate surface area is 104 Å². The molecule has 0 bridgehead atoms. The van der Waals surface area contributed by atoms with Crippen molar-refractivity contribution in [2.24, 2.45) is 0 Å². The van der Waals surface area contributed by atoms with Crippen LogP contribution in [0.3, 0.4) is 0 Å². The van der Waals surface area contributed by atoms with Gasteiger partial charge in [-0.05, 0) is 11.6 Å². The van der Waals surface area contributed by atoms with Gasteiger partial charge in [0.25, 0.3) is 0 Å². The molecule has 0 unspecified atom stereocenters. The maximum absolute atomic E-state index is 5.59. The van der Waals surface area contributed by atoms with Crippen molar-refractivity contribution < 1.29 is 14.2 Å². The second-order valence-corrected chi connectivity index (χ2v) is 3.39. The van der Waals surface area contributed by atoms with Gasteiger partial charge in [0.15, 0.2) is 0 Å². The van der Waals surface area contributed by atoms with Crippen molar-refractivity contribution in [3.8, 4) is 6.01 Å². The quantitative estimate of drug-likeness (QED) is 0.684. The molecule has 0 aliphatic rings. The largest absolute Gasteiger partial charge is 0.463 e. The molecule has 1 heterocycles. The van der Waals surface area contributed by atoms with E-state index in [0.717, 1.165) is 0 Å². The van der Waals surface area contributed by atoms with Crippen LogP contribution in [0.25, 0.3) is 0 Å². The number of aromatic nitrogens is 3. The summed E-state index contributed by atoms with van der Waals surface area (Å²) in [5.74, 6) is 0.0383. The Morgan fingerprint density at radius 3 is 2.65 bits per heavy atom. The summed E-state index contributed by atoms with van der Waals surface area (Å²) in [6.45, 7) is 2.16. The molecule has 0 saturated carbocycles. The molecule has 0 fully saturated rings. The first-order chi connectivity index (χ1) is 8.22. The summed E-state index contributed by atoms with van der Waals surface area (Å²) < 4.78 is 15.3. The normalized spacial score (nSPS) is 10.5. The summed E-state index contributed by atoms with van der Waals surface area (Å²) in [7, 11) is 1.63. The Bertz CT molecular complexity index is 320. The highest BCUT2D eigenvalue weighted by atomic mass is 35.5. The van der Waals surface area contributed by atoms with Crippen LogP contribution in [-0.4, -0.2) is 48.5 Å². The van der Waals surface area contributed by atoms with Crippen molar-refractivity contribution in [3.63, 3.8) is 0 Å². The molecule has 1 rings (SSSR count). The number of hydrogen-bond acceptors (Lipinski definition) is 7. The van der Waals surface area contributed by atoms with E-state index in [0.29, 0.717) is 32.8 Å². The lowest BCUT2D eigenvalue weighted by molar-refractivity contribution is 0.0639. The summed E-state index contributed by atoms with van der Waals surface area (Å²) in [4.78, 5) is 11.1. The van der Waals surface area contributed by atoms with Gasteiger partial charge in [-0.25, -0.2) is 0 Å². The van der Waals surface area contributed by atoms with E-state index in [-0.39, 0.29) is 17.2 Å². The van der Waals surface area contributed by atoms with E-state index >= 15 is 0 Å². The van der Waals surface area contributed by atoms with Crippen LogP contribution in [0.2, 0.25) is 5.28 Å². The van der Waals surface area contributed by atoms with Gasteiger partial charge in [0, 0.05) is 20.1 Å². The standard InChI is InChI=1S/C9H15ClN4O3/c1-15-5-6-16-3-2-4-17-9-13-7(10)12-8(11)14-9/h2-6H2,1H3,(H2,11,12,13,14). The first-order valence-electron chi connectivity index (χ1n) is 5.09. The number of nitrogens with two attached hydrogens (primary N) is 1. The van der Waals surface area contributed by atoms with Crippen molar-refractivity contribution in [1.82, 2.24) is 15.0 Å². The van der Waals surface area contributed by atoms with Gasteiger partial charge < -0.3 is 19.9 Å². The smallest absolute Gasteiger partial charge is 0.322 e. The van der Waals surface area contributed by atoms with Crippen LogP contribution in [0.1, 0.15) is 6.42 Å². The fraction of sp³-hybridized carbons (Fsp3) is 0.667. The highest BCUT2D eigenvalue weighted by Crippen LogP contribution is 2.08. The van der Waals surface area contributed by atoms with Crippen molar-refractivity contribution in [2.45, 2.75) is 6.42 Å². The second kappa shape index (κ2) is 7.99. The van der Waals surface area contributed by atoms with Gasteiger partial charge in [0.1, 0.15) is 0 Å².